The molecule has 0 unspecified atom stereocenters. The highest BCUT2D eigenvalue weighted by Crippen LogP contribution is 2.37. The quantitative estimate of drug-likeness (QED) is 0.228. The number of rotatable bonds is 9. The number of fused-ring (bicyclic) bond motifs is 1. The van der Waals surface area contributed by atoms with Gasteiger partial charge in [-0.3, -0.25) is 9.36 Å². The zero-order chi connectivity index (χ0) is 28.3. The number of hydrogen-bond acceptors (Lipinski definition) is 7. The number of nitrogens with zero attached hydrogens (tertiary/aromatic N) is 2. The van der Waals surface area contributed by atoms with E-state index in [1.54, 1.807) is 38.1 Å². The molecular weight excluding hydrogens is 604 g/mol. The molecule has 204 valence electrons. The van der Waals surface area contributed by atoms with Crippen LogP contribution in [0.2, 0.25) is 5.02 Å². The first-order valence-electron chi connectivity index (χ1n) is 12.3. The lowest BCUT2D eigenvalue weighted by molar-refractivity contribution is -0.139. The van der Waals surface area contributed by atoms with Crippen LogP contribution < -0.4 is 24.4 Å². The number of carbonyl (C=O) groups is 1. The Kier molecular flexibility index (Phi) is 9.15. The fourth-order valence-corrected chi connectivity index (χ4v) is 6.26. The van der Waals surface area contributed by atoms with Gasteiger partial charge in [0, 0.05) is 16.1 Å². The Morgan fingerprint density at radius 3 is 2.74 bits per heavy atom. The Morgan fingerprint density at radius 1 is 1.31 bits per heavy atom. The zero-order valence-electron chi connectivity index (χ0n) is 22.0. The summed E-state index contributed by atoms with van der Waals surface area (Å²) in [6, 6.07) is 10.0. The maximum Gasteiger partial charge on any atom is 0.338 e. The minimum atomic E-state index is -0.792. The molecule has 1 aliphatic heterocycles. The van der Waals surface area contributed by atoms with Crippen molar-refractivity contribution in [2.75, 3.05) is 13.2 Å². The summed E-state index contributed by atoms with van der Waals surface area (Å²) < 4.78 is 19.9. The number of thiazole rings is 1. The third-order valence-electron chi connectivity index (χ3n) is 5.76. The molecular formula is C29H28BrClN2O5S. The van der Waals surface area contributed by atoms with Crippen LogP contribution in [0.15, 0.2) is 74.6 Å². The van der Waals surface area contributed by atoms with E-state index in [0.717, 1.165) is 0 Å². The zero-order valence-corrected chi connectivity index (χ0v) is 25.2. The first-order chi connectivity index (χ1) is 18.7. The summed E-state index contributed by atoms with van der Waals surface area (Å²) in [7, 11) is 0. The Morgan fingerprint density at radius 2 is 2.05 bits per heavy atom. The average Bonchev–Trinajstić information content (AvgIpc) is 3.17. The van der Waals surface area contributed by atoms with Gasteiger partial charge in [-0.15, -0.1) is 0 Å². The SMILES string of the molecule is C=CCOc1c(Br)cc(Cl)cc1/C=c1\sc2n(c1=O)[C@@H](c1ccccc1OC(C)C)C(C(=O)OCC)=C(C)N=2. The molecule has 2 aromatic carbocycles. The third kappa shape index (κ3) is 6.05. The topological polar surface area (TPSA) is 79.1 Å². The van der Waals surface area contributed by atoms with E-state index in [4.69, 9.17) is 25.8 Å². The van der Waals surface area contributed by atoms with Crippen molar-refractivity contribution in [1.29, 1.82) is 0 Å². The fraction of sp³-hybridized carbons (Fsp3) is 0.276. The molecule has 3 aromatic rings. The predicted octanol–water partition coefficient (Wildman–Crippen LogP) is 5.57. The van der Waals surface area contributed by atoms with Gasteiger partial charge in [0.05, 0.1) is 33.0 Å². The first-order valence-corrected chi connectivity index (χ1v) is 14.3. The summed E-state index contributed by atoms with van der Waals surface area (Å²) in [4.78, 5) is 32.3. The molecule has 0 bridgehead atoms. The second kappa shape index (κ2) is 12.4. The molecule has 39 heavy (non-hydrogen) atoms. The van der Waals surface area contributed by atoms with Crippen molar-refractivity contribution in [3.8, 4) is 11.5 Å². The Labute approximate surface area is 243 Å². The highest BCUT2D eigenvalue weighted by Gasteiger charge is 2.35. The molecule has 4 rings (SSSR count). The van der Waals surface area contributed by atoms with E-state index >= 15 is 0 Å². The lowest BCUT2D eigenvalue weighted by atomic mass is 9.95. The van der Waals surface area contributed by atoms with Gasteiger partial charge in [0.25, 0.3) is 5.56 Å². The van der Waals surface area contributed by atoms with Crippen molar-refractivity contribution in [3.05, 3.63) is 101 Å². The van der Waals surface area contributed by atoms with Gasteiger partial charge in [-0.2, -0.15) is 0 Å². The first kappa shape index (κ1) is 28.9. The summed E-state index contributed by atoms with van der Waals surface area (Å²) in [5.74, 6) is 0.569. The number of hydrogen-bond donors (Lipinski definition) is 0. The van der Waals surface area contributed by atoms with E-state index in [-0.39, 0.29) is 30.5 Å². The third-order valence-corrected chi connectivity index (χ3v) is 7.55. The summed E-state index contributed by atoms with van der Waals surface area (Å²) >= 11 is 11.0. The van der Waals surface area contributed by atoms with Crippen molar-refractivity contribution < 1.29 is 19.0 Å². The van der Waals surface area contributed by atoms with Gasteiger partial charge in [-0.05, 0) is 67.9 Å². The van der Waals surface area contributed by atoms with Crippen LogP contribution >= 0.6 is 38.9 Å². The van der Waals surface area contributed by atoms with Gasteiger partial charge >= 0.3 is 5.97 Å². The Bertz CT molecular complexity index is 1640. The van der Waals surface area contributed by atoms with Crippen LogP contribution in [0.25, 0.3) is 6.08 Å². The number of benzene rings is 2. The second-order valence-electron chi connectivity index (χ2n) is 8.91. The number of para-hydroxylation sites is 1. The van der Waals surface area contributed by atoms with Crippen molar-refractivity contribution >= 4 is 50.9 Å². The molecule has 0 N–H and O–H groups in total. The van der Waals surface area contributed by atoms with Crippen molar-refractivity contribution in [3.63, 3.8) is 0 Å². The van der Waals surface area contributed by atoms with E-state index in [1.807, 2.05) is 38.1 Å². The molecule has 1 aliphatic rings. The van der Waals surface area contributed by atoms with Crippen molar-refractivity contribution in [2.24, 2.45) is 4.99 Å². The number of esters is 1. The van der Waals surface area contributed by atoms with E-state index in [2.05, 4.69) is 27.5 Å². The van der Waals surface area contributed by atoms with E-state index in [0.29, 0.717) is 47.2 Å². The summed E-state index contributed by atoms with van der Waals surface area (Å²) in [5.41, 5.74) is 1.73. The molecule has 0 aliphatic carbocycles. The monoisotopic (exact) mass is 630 g/mol. The van der Waals surface area contributed by atoms with Crippen LogP contribution in [0.1, 0.15) is 44.9 Å². The van der Waals surface area contributed by atoms with E-state index in [9.17, 15) is 9.59 Å². The smallest absolute Gasteiger partial charge is 0.338 e. The highest BCUT2D eigenvalue weighted by molar-refractivity contribution is 9.10. The van der Waals surface area contributed by atoms with Gasteiger partial charge in [0.1, 0.15) is 24.1 Å². The van der Waals surface area contributed by atoms with Gasteiger partial charge in [0.15, 0.2) is 4.80 Å². The molecule has 1 aromatic heterocycles. The standard InChI is InChI=1S/C29H28BrClN2O5S/c1-6-12-37-26-18(13-19(31)15-21(26)30)14-23-27(34)33-25(20-10-8-9-11-22(20)38-16(3)4)24(28(35)36-7-2)17(5)32-29(33)39-23/h6,8-11,13-16,25H,1,7,12H2,2-5H3/b23-14-/t25-/m0/s1. The van der Waals surface area contributed by atoms with Crippen LogP contribution in [0.3, 0.4) is 0 Å². The summed E-state index contributed by atoms with van der Waals surface area (Å²) in [6.45, 7) is 11.5. The predicted molar refractivity (Wildman–Crippen MR) is 157 cm³/mol. The van der Waals surface area contributed by atoms with Crippen LogP contribution in [0.4, 0.5) is 0 Å². The lowest BCUT2D eigenvalue weighted by Crippen LogP contribution is -2.40. The molecule has 0 saturated heterocycles. The minimum Gasteiger partial charge on any atom is -0.491 e. The van der Waals surface area contributed by atoms with E-state index in [1.165, 1.54) is 15.9 Å². The van der Waals surface area contributed by atoms with Crippen molar-refractivity contribution in [1.82, 2.24) is 4.57 Å². The highest BCUT2D eigenvalue weighted by atomic mass is 79.9. The molecule has 0 saturated carbocycles. The summed E-state index contributed by atoms with van der Waals surface area (Å²) in [6.07, 6.45) is 3.23. The maximum atomic E-state index is 14.0. The Hall–Kier alpha value is -3.14. The van der Waals surface area contributed by atoms with Crippen LogP contribution in [0.5, 0.6) is 11.5 Å². The summed E-state index contributed by atoms with van der Waals surface area (Å²) in [5, 5.41) is 0.477. The van der Waals surface area contributed by atoms with E-state index < -0.39 is 12.0 Å². The van der Waals surface area contributed by atoms with Crippen LogP contribution in [-0.4, -0.2) is 29.9 Å². The molecule has 0 radical (unpaired) electrons. The van der Waals surface area contributed by atoms with Gasteiger partial charge < -0.3 is 14.2 Å². The number of halogens is 2. The van der Waals surface area contributed by atoms with Gasteiger partial charge in [-0.25, -0.2) is 9.79 Å². The second-order valence-corrected chi connectivity index (χ2v) is 11.2. The lowest BCUT2D eigenvalue weighted by Gasteiger charge is -2.26. The average molecular weight is 632 g/mol. The molecule has 10 heteroatoms. The molecule has 7 nitrogen and oxygen atoms in total. The number of aromatic nitrogens is 1. The van der Waals surface area contributed by atoms with Gasteiger partial charge in [-0.1, -0.05) is 53.8 Å². The number of carbonyl (C=O) groups excluding carboxylic acids is 1. The minimum absolute atomic E-state index is 0.117. The molecule has 0 spiro atoms. The normalized spacial score (nSPS) is 15.2. The van der Waals surface area contributed by atoms with Crippen molar-refractivity contribution in [2.45, 2.75) is 39.8 Å². The number of ether oxygens (including phenoxy) is 3. The van der Waals surface area contributed by atoms with Crippen LogP contribution in [-0.2, 0) is 9.53 Å². The van der Waals surface area contributed by atoms with Gasteiger partial charge in [0.2, 0.25) is 0 Å². The molecule has 2 heterocycles. The molecule has 0 fully saturated rings. The van der Waals surface area contributed by atoms with Crippen LogP contribution in [0, 0.1) is 0 Å². The maximum absolute atomic E-state index is 14.0. The Balaban J connectivity index is 1.99. The molecule has 0 amide bonds. The molecule has 1 atom stereocenters. The number of allylic oxidation sites excluding steroid dienone is 1. The fourth-order valence-electron chi connectivity index (χ4n) is 4.28. The largest absolute Gasteiger partial charge is 0.491 e.